The van der Waals surface area contributed by atoms with Crippen LogP contribution in [0.5, 0.6) is 0 Å². The van der Waals surface area contributed by atoms with Gasteiger partial charge in [-0.25, -0.2) is 8.78 Å². The topological polar surface area (TPSA) is 76.2 Å². The molecule has 4 aromatic carbocycles. The van der Waals surface area contributed by atoms with Gasteiger partial charge in [0, 0.05) is 56.6 Å². The maximum atomic E-state index is 15.2. The number of benzene rings is 4. The number of hydrogen-bond acceptors (Lipinski definition) is 5. The summed E-state index contributed by atoms with van der Waals surface area (Å²) in [6.45, 7) is 5.43. The average Bonchev–Trinajstić information content (AvgIpc) is 3.64. The number of nitrogens with one attached hydrogen (secondary N) is 1. The zero-order valence-electron chi connectivity index (χ0n) is 36.2. The van der Waals surface area contributed by atoms with Crippen molar-refractivity contribution in [3.63, 3.8) is 0 Å². The third-order valence-corrected chi connectivity index (χ3v) is 15.1. The third-order valence-electron chi connectivity index (χ3n) is 15.1. The molecule has 0 aliphatic carbocycles. The lowest BCUT2D eigenvalue weighted by atomic mass is 9.59. The second kappa shape index (κ2) is 17.4. The van der Waals surface area contributed by atoms with Gasteiger partial charge in [-0.1, -0.05) is 48.5 Å². The van der Waals surface area contributed by atoms with Crippen LogP contribution in [-0.4, -0.2) is 96.2 Å². The number of carbonyl (C=O) groups is 3. The predicted molar refractivity (Wildman–Crippen MR) is 228 cm³/mol. The summed E-state index contributed by atoms with van der Waals surface area (Å²) in [5.74, 6) is -4.72. The van der Waals surface area contributed by atoms with E-state index < -0.39 is 58.3 Å². The summed E-state index contributed by atoms with van der Waals surface area (Å²) in [5.41, 5.74) is -1.20. The van der Waals surface area contributed by atoms with Gasteiger partial charge in [-0.3, -0.25) is 24.2 Å². The van der Waals surface area contributed by atoms with Gasteiger partial charge in [0.2, 0.25) is 17.7 Å². The molecule has 4 aromatic rings. The fraction of sp³-hybridized carbons (Fsp3) is 0.460. The number of piperidine rings is 2. The van der Waals surface area contributed by atoms with Crippen molar-refractivity contribution in [1.82, 2.24) is 24.9 Å². The molecule has 5 aliphatic heterocycles. The molecule has 8 nitrogen and oxygen atoms in total. The van der Waals surface area contributed by atoms with Crippen LogP contribution in [0, 0.1) is 27.9 Å². The Morgan fingerprint density at radius 2 is 0.879 bits per heavy atom. The molecule has 2 atom stereocenters. The zero-order chi connectivity index (χ0) is 46.6. The van der Waals surface area contributed by atoms with Crippen molar-refractivity contribution in [1.29, 1.82) is 0 Å². The lowest BCUT2D eigenvalue weighted by Gasteiger charge is -2.57. The van der Waals surface area contributed by atoms with Crippen molar-refractivity contribution in [3.05, 3.63) is 142 Å². The van der Waals surface area contributed by atoms with Gasteiger partial charge in [0.1, 0.15) is 11.6 Å². The molecule has 0 radical (unpaired) electrons. The second-order valence-electron chi connectivity index (χ2n) is 19.3. The van der Waals surface area contributed by atoms with Crippen molar-refractivity contribution in [3.8, 4) is 0 Å². The second-order valence-corrected chi connectivity index (χ2v) is 19.3. The highest BCUT2D eigenvalue weighted by atomic mass is 19.4. The van der Waals surface area contributed by atoms with Gasteiger partial charge < -0.3 is 15.1 Å². The summed E-state index contributed by atoms with van der Waals surface area (Å²) in [6.07, 6.45) is -5.77. The van der Waals surface area contributed by atoms with E-state index in [2.05, 4.69) is 15.1 Å². The fourth-order valence-electron chi connectivity index (χ4n) is 11.3. The number of nitrogens with zero attached hydrogens (tertiary/aromatic N) is 4. The summed E-state index contributed by atoms with van der Waals surface area (Å²) < 4.78 is 108. The molecule has 5 aliphatic rings. The summed E-state index contributed by atoms with van der Waals surface area (Å²) in [6, 6.07) is 21.2. The van der Waals surface area contributed by atoms with Gasteiger partial charge in [-0.05, 0) is 129 Å². The van der Waals surface area contributed by atoms with Crippen LogP contribution in [-0.2, 0) is 39.8 Å². The quantitative estimate of drug-likeness (QED) is 0.162. The summed E-state index contributed by atoms with van der Waals surface area (Å²) in [5, 5.41) is 2.93. The highest BCUT2D eigenvalue weighted by Gasteiger charge is 2.63. The zero-order valence-corrected chi connectivity index (χ0v) is 36.2. The molecule has 0 saturated carbocycles. The van der Waals surface area contributed by atoms with Gasteiger partial charge >= 0.3 is 12.4 Å². The van der Waals surface area contributed by atoms with Crippen molar-refractivity contribution >= 4 is 17.7 Å². The van der Waals surface area contributed by atoms with Gasteiger partial charge in [0.15, 0.2) is 0 Å². The Morgan fingerprint density at radius 1 is 0.530 bits per heavy atom. The largest absolute Gasteiger partial charge is 0.416 e. The van der Waals surface area contributed by atoms with Crippen LogP contribution in [0.1, 0.15) is 77.3 Å². The van der Waals surface area contributed by atoms with Crippen molar-refractivity contribution in [2.45, 2.75) is 69.4 Å². The maximum Gasteiger partial charge on any atom is 0.416 e. The SMILES string of the molecule is O=C(C(c1ccc(F)cc1)C1(C(C(=O)N2CC3(CCN(Cc4ccc(C(F)(F)F)cc4)CC3)C2)c2ccc(F)cc2)CCNC1=O)N1CC2(CCN(Cc3ccc(C(F)(F)F)cc3)CC2)C1. The van der Waals surface area contributed by atoms with Crippen LogP contribution in [0.4, 0.5) is 35.1 Å². The van der Waals surface area contributed by atoms with Crippen LogP contribution >= 0.6 is 0 Å². The molecular formula is C50H51F8N5O3. The van der Waals surface area contributed by atoms with E-state index in [9.17, 15) is 39.9 Å². The molecule has 3 amide bonds. The van der Waals surface area contributed by atoms with Crippen LogP contribution in [0.15, 0.2) is 97.1 Å². The van der Waals surface area contributed by atoms with Gasteiger partial charge in [-0.15, -0.1) is 0 Å². The van der Waals surface area contributed by atoms with E-state index in [0.717, 1.165) is 61.1 Å². The first-order valence-electron chi connectivity index (χ1n) is 22.5. The van der Waals surface area contributed by atoms with Crippen molar-refractivity contribution in [2.24, 2.45) is 16.2 Å². The van der Waals surface area contributed by atoms with Crippen LogP contribution < -0.4 is 5.32 Å². The molecule has 5 fully saturated rings. The minimum Gasteiger partial charge on any atom is -0.356 e. The molecule has 350 valence electrons. The molecular weight excluding hydrogens is 871 g/mol. The Hall–Kier alpha value is -5.35. The van der Waals surface area contributed by atoms with Crippen LogP contribution in [0.25, 0.3) is 0 Å². The molecule has 9 rings (SSSR count). The van der Waals surface area contributed by atoms with Gasteiger partial charge in [0.25, 0.3) is 0 Å². The first kappa shape index (κ1) is 45.8. The first-order valence-corrected chi connectivity index (χ1v) is 22.5. The van der Waals surface area contributed by atoms with Crippen molar-refractivity contribution < 1.29 is 49.5 Å². The van der Waals surface area contributed by atoms with E-state index in [1.54, 1.807) is 9.80 Å². The number of rotatable bonds is 10. The lowest BCUT2D eigenvalue weighted by molar-refractivity contribution is -0.161. The Bertz CT molecular complexity index is 2240. The molecule has 16 heteroatoms. The third kappa shape index (κ3) is 8.94. The summed E-state index contributed by atoms with van der Waals surface area (Å²) >= 11 is 0. The highest BCUT2D eigenvalue weighted by molar-refractivity contribution is 6.01. The smallest absolute Gasteiger partial charge is 0.356 e. The fourth-order valence-corrected chi connectivity index (χ4v) is 11.3. The van der Waals surface area contributed by atoms with Gasteiger partial charge in [0.05, 0.1) is 28.4 Å². The van der Waals surface area contributed by atoms with E-state index in [0.29, 0.717) is 76.6 Å². The number of carbonyl (C=O) groups excluding carboxylic acids is 3. The normalized spacial score (nSPS) is 23.0. The van der Waals surface area contributed by atoms with Crippen LogP contribution in [0.3, 0.4) is 0 Å². The standard InChI is InChI=1S/C50H51F8N5O3/c51-39-13-5-35(6-14-39)41(43(64)62-29-46(30-62)18-23-60(24-19-46)27-33-1-9-37(10-2-33)49(53,54)55)48(17-22-59-45(48)66)42(36-7-15-40(52)16-8-36)44(65)63-31-47(32-63)20-25-61(26-21-47)28-34-3-11-38(12-4-34)50(56,57)58/h1-16,41-42H,17-32H2,(H,59,66). The van der Waals surface area contributed by atoms with E-state index in [-0.39, 0.29) is 35.6 Å². The number of amides is 3. The molecule has 5 heterocycles. The molecule has 0 bridgehead atoms. The van der Waals surface area contributed by atoms with E-state index >= 15 is 9.59 Å². The predicted octanol–water partition coefficient (Wildman–Crippen LogP) is 8.63. The molecule has 0 aromatic heterocycles. The Kier molecular flexibility index (Phi) is 12.1. The number of hydrogen-bond donors (Lipinski definition) is 1. The first-order chi connectivity index (χ1) is 31.4. The number of halogens is 8. The lowest BCUT2D eigenvalue weighted by Crippen LogP contribution is -2.65. The summed E-state index contributed by atoms with van der Waals surface area (Å²) in [4.78, 5) is 53.0. The molecule has 5 saturated heterocycles. The van der Waals surface area contributed by atoms with Crippen molar-refractivity contribution in [2.75, 3.05) is 58.9 Å². The maximum absolute atomic E-state index is 15.2. The molecule has 2 unspecified atom stereocenters. The Balaban J connectivity index is 0.927. The molecule has 66 heavy (non-hydrogen) atoms. The van der Waals surface area contributed by atoms with Crippen LogP contribution in [0.2, 0.25) is 0 Å². The van der Waals surface area contributed by atoms with Gasteiger partial charge in [-0.2, -0.15) is 26.3 Å². The highest BCUT2D eigenvalue weighted by Crippen LogP contribution is 2.56. The van der Waals surface area contributed by atoms with E-state index in [1.165, 1.54) is 72.8 Å². The Morgan fingerprint density at radius 3 is 1.18 bits per heavy atom. The Labute approximate surface area is 377 Å². The minimum absolute atomic E-state index is 0.100. The molecule has 2 spiro atoms. The minimum atomic E-state index is -4.41. The average molecular weight is 922 g/mol. The monoisotopic (exact) mass is 921 g/mol. The summed E-state index contributed by atoms with van der Waals surface area (Å²) in [7, 11) is 0. The number of alkyl halides is 6. The van der Waals surface area contributed by atoms with E-state index in [1.807, 2.05) is 0 Å². The van der Waals surface area contributed by atoms with E-state index in [4.69, 9.17) is 0 Å². The molecule has 1 N–H and O–H groups in total. The number of likely N-dealkylation sites (tertiary alicyclic amines) is 4.